The van der Waals surface area contributed by atoms with Gasteiger partial charge in [-0.2, -0.15) is 0 Å². The molecular formula is C19H18BrNO2. The Morgan fingerprint density at radius 2 is 1.87 bits per heavy atom. The van der Waals surface area contributed by atoms with Gasteiger partial charge in [-0.1, -0.05) is 28.1 Å². The van der Waals surface area contributed by atoms with Crippen molar-refractivity contribution < 1.29 is 9.53 Å². The topological polar surface area (TPSA) is 31.2 Å². The minimum atomic E-state index is -0.275. The van der Waals surface area contributed by atoms with Crippen molar-refractivity contribution in [3.05, 3.63) is 70.3 Å². The summed E-state index contributed by atoms with van der Waals surface area (Å²) in [5.41, 5.74) is 2.92. The summed E-state index contributed by atoms with van der Waals surface area (Å²) in [6.07, 6.45) is 1.98. The van der Waals surface area contributed by atoms with Crippen molar-refractivity contribution in [3.8, 4) is 0 Å². The zero-order valence-corrected chi connectivity index (χ0v) is 14.7. The molecule has 1 heterocycles. The number of halogens is 1. The van der Waals surface area contributed by atoms with Gasteiger partial charge in [0.05, 0.1) is 11.7 Å². The summed E-state index contributed by atoms with van der Waals surface area (Å²) in [4.78, 5) is 11.9. The zero-order valence-electron chi connectivity index (χ0n) is 13.1. The van der Waals surface area contributed by atoms with Gasteiger partial charge >= 0.3 is 5.97 Å². The molecule has 0 N–H and O–H groups in total. The predicted octanol–water partition coefficient (Wildman–Crippen LogP) is 5.02. The van der Waals surface area contributed by atoms with Crippen LogP contribution in [0, 0.1) is 0 Å². The molecule has 2 aromatic carbocycles. The highest BCUT2D eigenvalue weighted by molar-refractivity contribution is 9.10. The maximum absolute atomic E-state index is 11.9. The number of ether oxygens (including phenoxy) is 1. The fourth-order valence-corrected chi connectivity index (χ4v) is 2.91. The number of hydrogen-bond donors (Lipinski definition) is 0. The summed E-state index contributed by atoms with van der Waals surface area (Å²) in [6.45, 7) is 4.47. The summed E-state index contributed by atoms with van der Waals surface area (Å²) in [5, 5.41) is 1.21. The van der Waals surface area contributed by atoms with Crippen molar-refractivity contribution >= 4 is 32.8 Å². The number of fused-ring (bicyclic) bond motifs is 1. The molecule has 0 aliphatic heterocycles. The average molecular weight is 372 g/mol. The lowest BCUT2D eigenvalue weighted by atomic mass is 10.1. The van der Waals surface area contributed by atoms with Crippen LogP contribution in [-0.2, 0) is 11.3 Å². The van der Waals surface area contributed by atoms with Crippen LogP contribution in [-0.4, -0.2) is 16.6 Å². The lowest BCUT2D eigenvalue weighted by molar-refractivity contribution is 0.0378. The molecule has 3 nitrogen and oxygen atoms in total. The number of aromatic nitrogens is 1. The van der Waals surface area contributed by atoms with Crippen molar-refractivity contribution in [2.75, 3.05) is 0 Å². The molecule has 0 fully saturated rings. The monoisotopic (exact) mass is 371 g/mol. The number of benzene rings is 2. The minimum Gasteiger partial charge on any atom is -0.459 e. The summed E-state index contributed by atoms with van der Waals surface area (Å²) in [7, 11) is 0. The van der Waals surface area contributed by atoms with E-state index in [4.69, 9.17) is 4.74 Å². The molecule has 0 amide bonds. The van der Waals surface area contributed by atoms with Crippen LogP contribution in [0.4, 0.5) is 0 Å². The second-order valence-corrected chi connectivity index (χ2v) is 6.71. The molecule has 0 unspecified atom stereocenters. The molecular weight excluding hydrogens is 354 g/mol. The molecule has 0 aliphatic carbocycles. The van der Waals surface area contributed by atoms with Crippen LogP contribution in [0.3, 0.4) is 0 Å². The summed E-state index contributed by atoms with van der Waals surface area (Å²) in [5.74, 6) is -0.275. The Bertz CT molecular complexity index is 834. The van der Waals surface area contributed by atoms with E-state index in [0.717, 1.165) is 16.6 Å². The number of hydrogen-bond acceptors (Lipinski definition) is 2. The van der Waals surface area contributed by atoms with Crippen LogP contribution in [0.1, 0.15) is 29.8 Å². The molecule has 0 radical (unpaired) electrons. The molecule has 0 atom stereocenters. The van der Waals surface area contributed by atoms with E-state index in [1.807, 2.05) is 44.2 Å². The van der Waals surface area contributed by atoms with Gasteiger partial charge in [0.2, 0.25) is 0 Å². The Morgan fingerprint density at radius 1 is 1.13 bits per heavy atom. The molecule has 118 valence electrons. The summed E-state index contributed by atoms with van der Waals surface area (Å²) < 4.78 is 8.48. The van der Waals surface area contributed by atoms with E-state index >= 15 is 0 Å². The second-order valence-electron chi connectivity index (χ2n) is 5.80. The Hall–Kier alpha value is -2.07. The van der Waals surface area contributed by atoms with E-state index in [2.05, 4.69) is 44.9 Å². The van der Waals surface area contributed by atoms with Crippen molar-refractivity contribution in [1.29, 1.82) is 0 Å². The van der Waals surface area contributed by atoms with Gasteiger partial charge in [-0.25, -0.2) is 4.79 Å². The predicted molar refractivity (Wildman–Crippen MR) is 95.7 cm³/mol. The summed E-state index contributed by atoms with van der Waals surface area (Å²) in [6, 6.07) is 16.0. The first-order valence-electron chi connectivity index (χ1n) is 7.57. The Kier molecular flexibility index (Phi) is 4.53. The van der Waals surface area contributed by atoms with Gasteiger partial charge in [0.1, 0.15) is 0 Å². The van der Waals surface area contributed by atoms with Crippen LogP contribution in [0.2, 0.25) is 0 Å². The largest absolute Gasteiger partial charge is 0.459 e. The third kappa shape index (κ3) is 3.64. The van der Waals surface area contributed by atoms with Crippen molar-refractivity contribution in [3.63, 3.8) is 0 Å². The maximum Gasteiger partial charge on any atom is 0.338 e. The molecule has 0 aliphatic rings. The van der Waals surface area contributed by atoms with E-state index in [-0.39, 0.29) is 12.1 Å². The highest BCUT2D eigenvalue weighted by atomic mass is 79.9. The number of rotatable bonds is 4. The Morgan fingerprint density at radius 3 is 2.57 bits per heavy atom. The van der Waals surface area contributed by atoms with Crippen LogP contribution in [0.5, 0.6) is 0 Å². The van der Waals surface area contributed by atoms with Gasteiger partial charge in [-0.05, 0) is 55.8 Å². The zero-order chi connectivity index (χ0) is 16.4. The van der Waals surface area contributed by atoms with Gasteiger partial charge in [0.25, 0.3) is 0 Å². The third-order valence-corrected chi connectivity index (χ3v) is 4.11. The lowest BCUT2D eigenvalue weighted by Crippen LogP contribution is -2.11. The normalized spacial score (nSPS) is 11.1. The van der Waals surface area contributed by atoms with Crippen molar-refractivity contribution in [1.82, 2.24) is 4.57 Å². The highest BCUT2D eigenvalue weighted by Gasteiger charge is 2.09. The first kappa shape index (κ1) is 15.8. The fraction of sp³-hybridized carbons (Fsp3) is 0.211. The van der Waals surface area contributed by atoms with E-state index in [1.54, 1.807) is 0 Å². The van der Waals surface area contributed by atoms with E-state index in [1.165, 1.54) is 10.9 Å². The molecule has 23 heavy (non-hydrogen) atoms. The molecule has 0 saturated heterocycles. The smallest absolute Gasteiger partial charge is 0.338 e. The van der Waals surface area contributed by atoms with Crippen LogP contribution in [0.15, 0.2) is 59.2 Å². The van der Waals surface area contributed by atoms with Gasteiger partial charge in [-0.15, -0.1) is 0 Å². The highest BCUT2D eigenvalue weighted by Crippen LogP contribution is 2.22. The second kappa shape index (κ2) is 6.59. The minimum absolute atomic E-state index is 0.104. The number of esters is 1. The first-order chi connectivity index (χ1) is 11.0. The molecule has 0 saturated carbocycles. The van der Waals surface area contributed by atoms with Crippen LogP contribution < -0.4 is 0 Å². The maximum atomic E-state index is 11.9. The van der Waals surface area contributed by atoms with E-state index < -0.39 is 0 Å². The molecule has 0 bridgehead atoms. The average Bonchev–Trinajstić information content (AvgIpc) is 2.89. The molecule has 1 aromatic heterocycles. The molecule has 0 spiro atoms. The number of carbonyl (C=O) groups is 1. The number of carbonyl (C=O) groups excluding carboxylic acids is 1. The summed E-state index contributed by atoms with van der Waals surface area (Å²) >= 11 is 3.49. The van der Waals surface area contributed by atoms with E-state index in [0.29, 0.717) is 5.56 Å². The van der Waals surface area contributed by atoms with Gasteiger partial charge in [0, 0.05) is 28.1 Å². The standard InChI is InChI=1S/C19H18BrNO2/c1-13(2)23-19(22)15-5-3-14(4-6-15)12-21-10-9-16-11-17(20)7-8-18(16)21/h3-11,13H,12H2,1-2H3. The van der Waals surface area contributed by atoms with Crippen LogP contribution >= 0.6 is 15.9 Å². The Balaban J connectivity index is 1.78. The molecule has 3 aromatic rings. The third-order valence-electron chi connectivity index (χ3n) is 3.62. The van der Waals surface area contributed by atoms with Crippen molar-refractivity contribution in [2.24, 2.45) is 0 Å². The SMILES string of the molecule is CC(C)OC(=O)c1ccc(Cn2ccc3cc(Br)ccc32)cc1. The number of nitrogens with zero attached hydrogens (tertiary/aromatic N) is 1. The quantitative estimate of drug-likeness (QED) is 0.603. The fourth-order valence-electron chi connectivity index (χ4n) is 2.53. The van der Waals surface area contributed by atoms with E-state index in [9.17, 15) is 4.79 Å². The van der Waals surface area contributed by atoms with Crippen LogP contribution in [0.25, 0.3) is 10.9 Å². The Labute approximate surface area is 144 Å². The first-order valence-corrected chi connectivity index (χ1v) is 8.36. The van der Waals surface area contributed by atoms with Gasteiger partial charge in [-0.3, -0.25) is 0 Å². The lowest BCUT2D eigenvalue weighted by Gasteiger charge is -2.09. The molecule has 4 heteroatoms. The van der Waals surface area contributed by atoms with Gasteiger partial charge in [0.15, 0.2) is 0 Å². The van der Waals surface area contributed by atoms with Gasteiger partial charge < -0.3 is 9.30 Å². The molecule has 3 rings (SSSR count). The van der Waals surface area contributed by atoms with Crippen molar-refractivity contribution in [2.45, 2.75) is 26.5 Å².